The molecule has 1 saturated heterocycles. The third kappa shape index (κ3) is 4.83. The lowest BCUT2D eigenvalue weighted by atomic mass is 9.89. The molecule has 2 aromatic carbocycles. The summed E-state index contributed by atoms with van der Waals surface area (Å²) in [5.74, 6) is 0.993. The number of fused-ring (bicyclic) bond motifs is 1. The molecule has 7 nitrogen and oxygen atoms in total. The summed E-state index contributed by atoms with van der Waals surface area (Å²) in [6, 6.07) is 11.5. The fraction of sp³-hybridized carbons (Fsp3) is 0.333. The van der Waals surface area contributed by atoms with Crippen LogP contribution in [-0.2, 0) is 0 Å². The van der Waals surface area contributed by atoms with Gasteiger partial charge in [0, 0.05) is 11.9 Å². The molecule has 1 atom stereocenters. The molecule has 1 fully saturated rings. The predicted octanol–water partition coefficient (Wildman–Crippen LogP) is 6.04. The maximum absolute atomic E-state index is 13.2. The number of halogens is 2. The van der Waals surface area contributed by atoms with E-state index in [1.807, 2.05) is 0 Å². The molecule has 0 saturated carbocycles. The van der Waals surface area contributed by atoms with E-state index < -0.39 is 0 Å². The van der Waals surface area contributed by atoms with Crippen molar-refractivity contribution in [2.45, 2.75) is 39.0 Å². The zero-order chi connectivity index (χ0) is 25.4. The van der Waals surface area contributed by atoms with Gasteiger partial charge in [0.15, 0.2) is 0 Å². The number of aromatic nitrogens is 4. The molecule has 0 aliphatic carbocycles. The smallest absolute Gasteiger partial charge is 0.282 e. The first-order valence-corrected chi connectivity index (χ1v) is 12.8. The minimum atomic E-state index is -0.383. The van der Waals surface area contributed by atoms with Crippen LogP contribution in [0.5, 0.6) is 0 Å². The van der Waals surface area contributed by atoms with E-state index in [0.29, 0.717) is 44.2 Å². The molecule has 0 bridgehead atoms. The number of hydrogen-bond donors (Lipinski definition) is 1. The summed E-state index contributed by atoms with van der Waals surface area (Å²) in [7, 11) is 2.20. The fourth-order valence-electron chi connectivity index (χ4n) is 4.97. The number of benzene rings is 2. The summed E-state index contributed by atoms with van der Waals surface area (Å²) in [5, 5.41) is 8.75. The van der Waals surface area contributed by atoms with Gasteiger partial charge in [0.2, 0.25) is 5.95 Å². The number of nitrogens with zero attached hydrogens (tertiary/aromatic N) is 5. The lowest BCUT2D eigenvalue weighted by Crippen LogP contribution is -2.23. The molecule has 9 heteroatoms. The number of likely N-dealkylation sites (tertiary alicyclic amines) is 1. The Morgan fingerprint density at radius 2 is 1.83 bits per heavy atom. The largest absolute Gasteiger partial charge is 0.324 e. The summed E-state index contributed by atoms with van der Waals surface area (Å²) in [6.07, 6.45) is 5.14. The van der Waals surface area contributed by atoms with Gasteiger partial charge in [-0.2, -0.15) is 9.78 Å². The number of para-hydroxylation sites is 1. The third-order valence-electron chi connectivity index (χ3n) is 6.87. The van der Waals surface area contributed by atoms with Crippen molar-refractivity contribution in [3.05, 3.63) is 79.8 Å². The molecule has 5 rings (SSSR count). The van der Waals surface area contributed by atoms with E-state index in [0.717, 1.165) is 12.2 Å². The molecule has 0 radical (unpaired) electrons. The van der Waals surface area contributed by atoms with Gasteiger partial charge < -0.3 is 10.2 Å². The Labute approximate surface area is 220 Å². The van der Waals surface area contributed by atoms with Crippen LogP contribution in [0.2, 0.25) is 10.0 Å². The molecular weight excluding hydrogens is 495 g/mol. The normalized spacial score (nSPS) is 16.8. The van der Waals surface area contributed by atoms with Crippen molar-refractivity contribution in [2.75, 3.05) is 25.5 Å². The Morgan fingerprint density at radius 1 is 1.06 bits per heavy atom. The topological polar surface area (TPSA) is 75.9 Å². The highest BCUT2D eigenvalue weighted by Crippen LogP contribution is 2.32. The molecule has 1 aliphatic heterocycles. The van der Waals surface area contributed by atoms with Crippen molar-refractivity contribution < 1.29 is 0 Å². The zero-order valence-electron chi connectivity index (χ0n) is 20.6. The van der Waals surface area contributed by atoms with E-state index in [9.17, 15) is 4.79 Å². The number of rotatable bonds is 4. The highest BCUT2D eigenvalue weighted by atomic mass is 35.5. The fourth-order valence-corrected chi connectivity index (χ4v) is 5.52. The molecule has 3 heterocycles. The van der Waals surface area contributed by atoms with Crippen LogP contribution in [0, 0.1) is 13.8 Å². The average Bonchev–Trinajstić information content (AvgIpc) is 3.06. The van der Waals surface area contributed by atoms with E-state index in [1.165, 1.54) is 47.8 Å². The van der Waals surface area contributed by atoms with Crippen LogP contribution < -0.4 is 10.9 Å². The molecule has 1 unspecified atom stereocenters. The van der Waals surface area contributed by atoms with E-state index in [1.54, 1.807) is 25.1 Å². The van der Waals surface area contributed by atoms with Crippen LogP contribution in [0.25, 0.3) is 16.6 Å². The third-order valence-corrected chi connectivity index (χ3v) is 7.48. The van der Waals surface area contributed by atoms with Gasteiger partial charge in [-0.25, -0.2) is 9.97 Å². The Kier molecular flexibility index (Phi) is 6.97. The van der Waals surface area contributed by atoms with Gasteiger partial charge in [0.1, 0.15) is 11.2 Å². The SMILES string of the molecule is Cc1cc(Nc2ncc3c(=O)n(-c4c(Cl)cccc4Cl)nc(C)c3n2)ccc1C1CCCN(C)CC1. The standard InChI is InChI=1S/C27H28Cl2N6O/c1-16-14-19(9-10-20(16)18-6-5-12-34(3)13-11-18)31-27-30-15-21-24(32-27)17(2)33-35(26(21)36)25-22(28)7-4-8-23(25)29/h4,7-10,14-15,18H,5-6,11-13H2,1-3H3,(H,30,31,32). The van der Waals surface area contributed by atoms with E-state index in [-0.39, 0.29) is 5.56 Å². The Hall–Kier alpha value is -3.00. The lowest BCUT2D eigenvalue weighted by molar-refractivity contribution is 0.347. The van der Waals surface area contributed by atoms with Gasteiger partial charge in [0.25, 0.3) is 5.56 Å². The van der Waals surface area contributed by atoms with Gasteiger partial charge in [-0.3, -0.25) is 4.79 Å². The lowest BCUT2D eigenvalue weighted by Gasteiger charge is -2.18. The zero-order valence-corrected chi connectivity index (χ0v) is 22.1. The quantitative estimate of drug-likeness (QED) is 0.352. The van der Waals surface area contributed by atoms with Crippen LogP contribution in [0.4, 0.5) is 11.6 Å². The highest BCUT2D eigenvalue weighted by Gasteiger charge is 2.19. The molecule has 1 N–H and O–H groups in total. The molecule has 186 valence electrons. The molecule has 0 amide bonds. The van der Waals surface area contributed by atoms with Crippen LogP contribution in [-0.4, -0.2) is 44.8 Å². The number of hydrogen-bond acceptors (Lipinski definition) is 6. The minimum absolute atomic E-state index is 0.338. The van der Waals surface area contributed by atoms with Crippen molar-refractivity contribution in [1.82, 2.24) is 24.6 Å². The first-order chi connectivity index (χ1) is 17.3. The minimum Gasteiger partial charge on any atom is -0.324 e. The first kappa shape index (κ1) is 24.7. The van der Waals surface area contributed by atoms with Crippen LogP contribution in [0.1, 0.15) is 42.0 Å². The molecule has 4 aromatic rings. The van der Waals surface area contributed by atoms with Crippen LogP contribution in [0.3, 0.4) is 0 Å². The molecule has 36 heavy (non-hydrogen) atoms. The summed E-state index contributed by atoms with van der Waals surface area (Å²) in [5.41, 5.74) is 4.58. The van der Waals surface area contributed by atoms with Gasteiger partial charge >= 0.3 is 0 Å². The maximum atomic E-state index is 13.2. The number of anilines is 2. The van der Waals surface area contributed by atoms with Gasteiger partial charge in [-0.15, -0.1) is 0 Å². The van der Waals surface area contributed by atoms with Crippen molar-refractivity contribution in [1.29, 1.82) is 0 Å². The Bertz CT molecular complexity index is 1480. The Morgan fingerprint density at radius 3 is 2.58 bits per heavy atom. The van der Waals surface area contributed by atoms with Crippen molar-refractivity contribution in [3.8, 4) is 5.69 Å². The monoisotopic (exact) mass is 522 g/mol. The van der Waals surface area contributed by atoms with Gasteiger partial charge in [-0.05, 0) is 94.6 Å². The first-order valence-electron chi connectivity index (χ1n) is 12.1. The highest BCUT2D eigenvalue weighted by molar-refractivity contribution is 6.37. The van der Waals surface area contributed by atoms with E-state index in [2.05, 4.69) is 57.5 Å². The maximum Gasteiger partial charge on any atom is 0.282 e. The Balaban J connectivity index is 1.44. The summed E-state index contributed by atoms with van der Waals surface area (Å²) >= 11 is 12.6. The van der Waals surface area contributed by atoms with Crippen molar-refractivity contribution in [2.24, 2.45) is 0 Å². The summed E-state index contributed by atoms with van der Waals surface area (Å²) in [4.78, 5) is 24.6. The average molecular weight is 523 g/mol. The summed E-state index contributed by atoms with van der Waals surface area (Å²) in [6.45, 7) is 6.25. The van der Waals surface area contributed by atoms with E-state index >= 15 is 0 Å². The van der Waals surface area contributed by atoms with E-state index in [4.69, 9.17) is 23.2 Å². The second kappa shape index (κ2) is 10.2. The number of nitrogens with one attached hydrogen (secondary N) is 1. The van der Waals surface area contributed by atoms with Gasteiger partial charge in [0.05, 0.1) is 21.1 Å². The van der Waals surface area contributed by atoms with Crippen molar-refractivity contribution >= 4 is 45.7 Å². The van der Waals surface area contributed by atoms with Gasteiger partial charge in [-0.1, -0.05) is 35.3 Å². The van der Waals surface area contributed by atoms with Crippen LogP contribution >= 0.6 is 23.2 Å². The van der Waals surface area contributed by atoms with Crippen molar-refractivity contribution in [3.63, 3.8) is 0 Å². The molecule has 0 spiro atoms. The molecule has 1 aliphatic rings. The second-order valence-corrected chi connectivity index (χ2v) is 10.3. The predicted molar refractivity (Wildman–Crippen MR) is 146 cm³/mol. The summed E-state index contributed by atoms with van der Waals surface area (Å²) < 4.78 is 1.21. The molecule has 2 aromatic heterocycles. The number of aryl methyl sites for hydroxylation is 2. The van der Waals surface area contributed by atoms with Crippen LogP contribution in [0.15, 0.2) is 47.4 Å². The molecular formula is C27H28Cl2N6O. The second-order valence-electron chi connectivity index (χ2n) is 9.46.